The fourth-order valence-corrected chi connectivity index (χ4v) is 5.31. The Labute approximate surface area is 250 Å². The van der Waals surface area contributed by atoms with Gasteiger partial charge in [-0.3, -0.25) is 14.6 Å². The summed E-state index contributed by atoms with van der Waals surface area (Å²) in [5.74, 6) is 0.103. The molecule has 1 fully saturated rings. The molecular formula is C31H45ClN4O3S. The molecule has 2 amide bonds. The van der Waals surface area contributed by atoms with Crippen LogP contribution in [0.15, 0.2) is 46.8 Å². The topological polar surface area (TPSA) is 83.0 Å². The molecule has 1 heterocycles. The first kappa shape index (κ1) is 33.8. The Morgan fingerprint density at radius 3 is 2.48 bits per heavy atom. The molecule has 7 nitrogen and oxygen atoms in total. The fourth-order valence-electron chi connectivity index (χ4n) is 4.86. The Kier molecular flexibility index (Phi) is 15.9. The summed E-state index contributed by atoms with van der Waals surface area (Å²) in [4.78, 5) is 30.9. The van der Waals surface area contributed by atoms with Gasteiger partial charge in [0.2, 0.25) is 11.8 Å². The summed E-state index contributed by atoms with van der Waals surface area (Å²) >= 11 is 10.3. The fraction of sp³-hybridized carbons (Fsp3) is 0.516. The van der Waals surface area contributed by atoms with Gasteiger partial charge in [0, 0.05) is 42.3 Å². The normalized spacial score (nSPS) is 14.7. The van der Waals surface area contributed by atoms with E-state index in [9.17, 15) is 9.59 Å². The molecular weight excluding hydrogens is 544 g/mol. The third-order valence-corrected chi connectivity index (χ3v) is 7.64. The first-order valence-electron chi connectivity index (χ1n) is 14.2. The van der Waals surface area contributed by atoms with E-state index in [1.54, 1.807) is 12.5 Å². The number of aliphatic imine (C=N–C) groups is 1. The predicted molar refractivity (Wildman–Crippen MR) is 171 cm³/mol. The molecule has 3 rings (SSSR count). The van der Waals surface area contributed by atoms with Crippen LogP contribution in [0.2, 0.25) is 5.02 Å². The molecule has 220 valence electrons. The van der Waals surface area contributed by atoms with Gasteiger partial charge in [0.15, 0.2) is 0 Å². The summed E-state index contributed by atoms with van der Waals surface area (Å²) in [7, 11) is 1.73. The maximum Gasteiger partial charge on any atom is 0.245 e. The molecule has 0 aliphatic carbocycles. The monoisotopic (exact) mass is 588 g/mol. The molecule has 40 heavy (non-hydrogen) atoms. The third-order valence-electron chi connectivity index (χ3n) is 7.07. The summed E-state index contributed by atoms with van der Waals surface area (Å²) in [6, 6.07) is 11.3. The van der Waals surface area contributed by atoms with Gasteiger partial charge in [0.25, 0.3) is 0 Å². The van der Waals surface area contributed by atoms with Crippen molar-refractivity contribution in [1.29, 1.82) is 0 Å². The molecule has 0 saturated carbocycles. The number of unbranched alkanes of at least 4 members (excludes halogenated alkanes) is 3. The summed E-state index contributed by atoms with van der Waals surface area (Å²) < 4.78 is 5.41. The Morgan fingerprint density at radius 2 is 1.85 bits per heavy atom. The lowest BCUT2D eigenvalue weighted by Gasteiger charge is -2.34. The first-order chi connectivity index (χ1) is 19.4. The van der Waals surface area contributed by atoms with Gasteiger partial charge in [-0.2, -0.15) is 0 Å². The second kappa shape index (κ2) is 18.9. The number of carbonyl (C=O) groups excluding carboxylic acids is 2. The summed E-state index contributed by atoms with van der Waals surface area (Å²) in [6.45, 7) is 10.8. The molecule has 0 radical (unpaired) electrons. The number of fused-ring (bicyclic) bond motifs is 1. The largest absolute Gasteiger partial charge is 0.381 e. The van der Waals surface area contributed by atoms with Gasteiger partial charge in [0.1, 0.15) is 6.04 Å². The molecule has 1 atom stereocenters. The van der Waals surface area contributed by atoms with Crippen molar-refractivity contribution < 1.29 is 14.3 Å². The van der Waals surface area contributed by atoms with Crippen molar-refractivity contribution in [1.82, 2.24) is 15.5 Å². The van der Waals surface area contributed by atoms with E-state index < -0.39 is 6.04 Å². The molecule has 2 aromatic carbocycles. The number of thiol groups is 1. The Bertz CT molecular complexity index is 1120. The van der Waals surface area contributed by atoms with Crippen molar-refractivity contribution in [3.8, 4) is 0 Å². The first-order valence-corrected chi connectivity index (χ1v) is 15.1. The highest BCUT2D eigenvalue weighted by Crippen LogP contribution is 2.30. The smallest absolute Gasteiger partial charge is 0.245 e. The van der Waals surface area contributed by atoms with Crippen LogP contribution in [0.1, 0.15) is 57.9 Å². The van der Waals surface area contributed by atoms with Gasteiger partial charge in [-0.25, -0.2) is 0 Å². The number of benzene rings is 2. The van der Waals surface area contributed by atoms with Crippen LogP contribution in [0, 0.1) is 5.92 Å². The average molecular weight is 589 g/mol. The summed E-state index contributed by atoms with van der Waals surface area (Å²) in [6.07, 6.45) is 6.21. The number of likely N-dealkylation sites (N-methyl/N-ethyl adjacent to an activating group) is 2. The second-order valence-corrected chi connectivity index (χ2v) is 10.5. The third kappa shape index (κ3) is 10.2. The predicted octanol–water partition coefficient (Wildman–Crippen LogP) is 5.97. The lowest BCUT2D eigenvalue weighted by atomic mass is 9.90. The maximum atomic E-state index is 13.0. The van der Waals surface area contributed by atoms with Crippen molar-refractivity contribution in [3.63, 3.8) is 0 Å². The zero-order chi connectivity index (χ0) is 29.3. The number of nitrogens with one attached hydrogen (secondary N) is 2. The molecule has 1 aliphatic rings. The minimum Gasteiger partial charge on any atom is -0.381 e. The van der Waals surface area contributed by atoms with Crippen molar-refractivity contribution in [2.45, 2.75) is 58.4 Å². The van der Waals surface area contributed by atoms with E-state index in [1.807, 2.05) is 48.2 Å². The second-order valence-electron chi connectivity index (χ2n) is 9.82. The summed E-state index contributed by atoms with van der Waals surface area (Å²) in [5, 5.41) is 10.2. The number of hydrogen-bond acceptors (Lipinski definition) is 6. The Hall–Kier alpha value is -2.39. The zero-order valence-corrected chi connectivity index (χ0v) is 25.8. The molecule has 0 bridgehead atoms. The number of carbonyl (C=O) groups is 2. The molecule has 1 unspecified atom stereocenters. The lowest BCUT2D eigenvalue weighted by Crippen LogP contribution is -2.54. The van der Waals surface area contributed by atoms with E-state index in [0.717, 1.165) is 59.3 Å². The lowest BCUT2D eigenvalue weighted by molar-refractivity contribution is -0.138. The van der Waals surface area contributed by atoms with Gasteiger partial charge < -0.3 is 20.3 Å². The van der Waals surface area contributed by atoms with Crippen LogP contribution in [0.5, 0.6) is 0 Å². The van der Waals surface area contributed by atoms with Gasteiger partial charge in [-0.15, -0.1) is 12.6 Å². The minimum absolute atomic E-state index is 0.0605. The quantitative estimate of drug-likeness (QED) is 0.153. The van der Waals surface area contributed by atoms with Crippen LogP contribution in [0.25, 0.3) is 16.5 Å². The minimum atomic E-state index is -0.430. The molecule has 1 saturated heterocycles. The zero-order valence-electron chi connectivity index (χ0n) is 24.1. The number of nitrogens with zero attached hydrogens (tertiary/aromatic N) is 2. The van der Waals surface area contributed by atoms with Crippen molar-refractivity contribution in [2.24, 2.45) is 10.9 Å². The Balaban J connectivity index is 0.000000302. The van der Waals surface area contributed by atoms with Crippen LogP contribution in [0.4, 0.5) is 0 Å². The van der Waals surface area contributed by atoms with E-state index in [4.69, 9.17) is 16.3 Å². The molecule has 1 aliphatic heterocycles. The SMILES string of the molecule is C=N/C(=C\S)c1cccc2c(Cl)cccc12.CCCCCCN(CC)C(=O)C(NC(=O)CNC)C1CCOCC1. The van der Waals surface area contributed by atoms with Crippen LogP contribution in [-0.2, 0) is 14.3 Å². The highest BCUT2D eigenvalue weighted by molar-refractivity contribution is 7.83. The average Bonchev–Trinajstić information content (AvgIpc) is 2.98. The van der Waals surface area contributed by atoms with E-state index in [1.165, 1.54) is 12.8 Å². The van der Waals surface area contributed by atoms with Crippen molar-refractivity contribution in [2.75, 3.05) is 39.9 Å². The summed E-state index contributed by atoms with van der Waals surface area (Å²) in [5.41, 5.74) is 1.74. The maximum absolute atomic E-state index is 13.0. The van der Waals surface area contributed by atoms with Gasteiger partial charge in [0.05, 0.1) is 12.2 Å². The van der Waals surface area contributed by atoms with Gasteiger partial charge in [-0.05, 0) is 62.7 Å². The van der Waals surface area contributed by atoms with Crippen LogP contribution in [0.3, 0.4) is 0 Å². The van der Waals surface area contributed by atoms with Crippen molar-refractivity contribution in [3.05, 3.63) is 52.4 Å². The van der Waals surface area contributed by atoms with Gasteiger partial charge in [-0.1, -0.05) is 68.1 Å². The number of halogens is 1. The van der Waals surface area contributed by atoms with Gasteiger partial charge >= 0.3 is 0 Å². The van der Waals surface area contributed by atoms with Crippen LogP contribution in [-0.4, -0.2) is 69.4 Å². The van der Waals surface area contributed by atoms with E-state index >= 15 is 0 Å². The number of hydrogen-bond donors (Lipinski definition) is 3. The number of amides is 2. The molecule has 9 heteroatoms. The number of ether oxygens (including phenoxy) is 1. The van der Waals surface area contributed by atoms with E-state index in [-0.39, 0.29) is 24.3 Å². The highest BCUT2D eigenvalue weighted by Gasteiger charge is 2.33. The van der Waals surface area contributed by atoms with Crippen molar-refractivity contribution >= 4 is 59.2 Å². The standard InChI is InChI=1S/C18H35N3O3.C13H10ClNS/c1-4-6-7-8-11-21(5-2)18(23)17(20-16(22)14-19-3)15-9-12-24-13-10-15;1-15-13(8-16)11-6-2-5-10-9(11)4-3-7-12(10)14/h15,17,19H,4-14H2,1-3H3,(H,20,22);2-8,16H,1H2/b;13-8-. The Morgan fingerprint density at radius 1 is 1.15 bits per heavy atom. The number of rotatable bonds is 13. The molecule has 2 N–H and O–H groups in total. The van der Waals surface area contributed by atoms with E-state index in [2.05, 4.69) is 41.9 Å². The molecule has 0 aromatic heterocycles. The highest BCUT2D eigenvalue weighted by atomic mass is 35.5. The van der Waals surface area contributed by atoms with Crippen LogP contribution >= 0.6 is 24.2 Å². The molecule has 2 aromatic rings. The van der Waals surface area contributed by atoms with Crippen LogP contribution < -0.4 is 10.6 Å². The molecule has 0 spiro atoms. The van der Waals surface area contributed by atoms with E-state index in [0.29, 0.717) is 19.8 Å².